The molecule has 4 aromatic rings. The van der Waals surface area contributed by atoms with Crippen molar-refractivity contribution in [2.45, 2.75) is 52.6 Å². The van der Waals surface area contributed by atoms with Crippen LogP contribution in [0, 0.1) is 31.4 Å². The molecular weight excluding hydrogens is 512 g/mol. The van der Waals surface area contributed by atoms with Crippen molar-refractivity contribution in [2.24, 2.45) is 5.92 Å². The number of nitrogens with one attached hydrogen (secondary N) is 2. The minimum absolute atomic E-state index is 0.0123. The van der Waals surface area contributed by atoms with Gasteiger partial charge in [0.2, 0.25) is 5.95 Å². The van der Waals surface area contributed by atoms with Gasteiger partial charge in [-0.1, -0.05) is 0 Å². The standard InChI is InChI=1S/C30H33F2N7O/c1-16(2)39-18(4)10-22-23(31)11-20(12-26(22)39)27-24(32)14-35-30(36-27)37-28-17(3)9-21(13-34-28)29(40)38-8-6-25-19(15-38)5-7-33-25/h9-14,16,19,25,33H,5-8,15H2,1-4H3,(H,34,35,36,37). The fraction of sp³-hybridized carbons (Fsp3) is 0.400. The second-order valence-corrected chi connectivity index (χ2v) is 11.2. The van der Waals surface area contributed by atoms with Gasteiger partial charge in [0, 0.05) is 48.0 Å². The first-order valence-electron chi connectivity index (χ1n) is 13.8. The first kappa shape index (κ1) is 26.3. The molecule has 2 aliphatic heterocycles. The van der Waals surface area contributed by atoms with Crippen LogP contribution in [0.25, 0.3) is 22.2 Å². The lowest BCUT2D eigenvalue weighted by Crippen LogP contribution is -2.46. The van der Waals surface area contributed by atoms with E-state index in [0.717, 1.165) is 49.9 Å². The fourth-order valence-corrected chi connectivity index (χ4v) is 6.21. The van der Waals surface area contributed by atoms with E-state index in [2.05, 4.69) is 25.6 Å². The van der Waals surface area contributed by atoms with Gasteiger partial charge in [-0.2, -0.15) is 0 Å². The minimum Gasteiger partial charge on any atom is -0.342 e. The summed E-state index contributed by atoms with van der Waals surface area (Å²) in [6, 6.07) is 7.28. The molecule has 0 radical (unpaired) electrons. The highest BCUT2D eigenvalue weighted by Gasteiger charge is 2.34. The van der Waals surface area contributed by atoms with Crippen molar-refractivity contribution < 1.29 is 13.6 Å². The molecule has 1 aromatic carbocycles. The van der Waals surface area contributed by atoms with Crippen LogP contribution in [-0.2, 0) is 0 Å². The van der Waals surface area contributed by atoms with Gasteiger partial charge in [-0.15, -0.1) is 0 Å². The van der Waals surface area contributed by atoms with E-state index in [0.29, 0.717) is 39.8 Å². The highest BCUT2D eigenvalue weighted by molar-refractivity contribution is 5.94. The quantitative estimate of drug-likeness (QED) is 0.343. The van der Waals surface area contributed by atoms with E-state index in [1.807, 2.05) is 37.2 Å². The molecule has 2 fully saturated rings. The molecule has 2 N–H and O–H groups in total. The zero-order chi connectivity index (χ0) is 28.1. The molecule has 2 saturated heterocycles. The number of anilines is 2. The Labute approximate surface area is 231 Å². The van der Waals surface area contributed by atoms with Crippen LogP contribution in [0.2, 0.25) is 0 Å². The van der Waals surface area contributed by atoms with Crippen LogP contribution in [0.4, 0.5) is 20.5 Å². The molecule has 2 atom stereocenters. The van der Waals surface area contributed by atoms with Gasteiger partial charge < -0.3 is 20.1 Å². The smallest absolute Gasteiger partial charge is 0.255 e. The van der Waals surface area contributed by atoms with Crippen molar-refractivity contribution in [1.82, 2.24) is 29.7 Å². The lowest BCUT2D eigenvalue weighted by Gasteiger charge is -2.34. The van der Waals surface area contributed by atoms with Gasteiger partial charge in [0.05, 0.1) is 17.3 Å². The minimum atomic E-state index is -0.657. The maximum Gasteiger partial charge on any atom is 0.255 e. The van der Waals surface area contributed by atoms with Crippen LogP contribution in [0.1, 0.15) is 54.3 Å². The molecule has 0 saturated carbocycles. The fourth-order valence-electron chi connectivity index (χ4n) is 6.21. The van der Waals surface area contributed by atoms with Crippen molar-refractivity contribution in [3.05, 3.63) is 65.1 Å². The largest absolute Gasteiger partial charge is 0.342 e. The van der Waals surface area contributed by atoms with Gasteiger partial charge in [0.15, 0.2) is 5.82 Å². The van der Waals surface area contributed by atoms with Crippen LogP contribution < -0.4 is 10.6 Å². The molecule has 10 heteroatoms. The summed E-state index contributed by atoms with van der Waals surface area (Å²) in [5.74, 6) is -0.0298. The van der Waals surface area contributed by atoms with Crippen molar-refractivity contribution in [2.75, 3.05) is 25.0 Å². The average Bonchev–Trinajstić information content (AvgIpc) is 3.53. The third-order valence-corrected chi connectivity index (χ3v) is 8.13. The first-order valence-corrected chi connectivity index (χ1v) is 13.8. The van der Waals surface area contributed by atoms with Crippen LogP contribution in [0.5, 0.6) is 0 Å². The van der Waals surface area contributed by atoms with E-state index in [-0.39, 0.29) is 23.6 Å². The number of pyridine rings is 1. The van der Waals surface area contributed by atoms with Gasteiger partial charge in [0.25, 0.3) is 5.91 Å². The van der Waals surface area contributed by atoms with Crippen LogP contribution >= 0.6 is 0 Å². The molecule has 3 aromatic heterocycles. The number of halogens is 2. The van der Waals surface area contributed by atoms with Crippen molar-refractivity contribution >= 4 is 28.6 Å². The molecule has 5 heterocycles. The molecule has 0 spiro atoms. The number of likely N-dealkylation sites (tertiary alicyclic amines) is 1. The van der Waals surface area contributed by atoms with Gasteiger partial charge in [-0.25, -0.2) is 23.7 Å². The lowest BCUT2D eigenvalue weighted by atomic mass is 9.93. The summed E-state index contributed by atoms with van der Waals surface area (Å²) in [5, 5.41) is 7.05. The molecule has 8 nitrogen and oxygen atoms in total. The van der Waals surface area contributed by atoms with E-state index in [1.54, 1.807) is 24.4 Å². The molecule has 6 rings (SSSR count). The Kier molecular flexibility index (Phi) is 6.74. The Balaban J connectivity index is 1.25. The third kappa shape index (κ3) is 4.70. The number of benzene rings is 1. The topological polar surface area (TPSA) is 88.0 Å². The third-order valence-electron chi connectivity index (χ3n) is 8.13. The van der Waals surface area contributed by atoms with Crippen molar-refractivity contribution in [1.29, 1.82) is 0 Å². The second-order valence-electron chi connectivity index (χ2n) is 11.2. The van der Waals surface area contributed by atoms with Crippen LogP contribution in [0.15, 0.2) is 36.7 Å². The van der Waals surface area contributed by atoms with E-state index in [1.165, 1.54) is 6.07 Å². The lowest BCUT2D eigenvalue weighted by molar-refractivity contribution is 0.0661. The SMILES string of the molecule is Cc1cc(C(=O)N2CCC3NCCC3C2)cnc1Nc1ncc(F)c(-c2cc(F)c3cc(C)n(C(C)C)c3c2)n1. The average molecular weight is 546 g/mol. The van der Waals surface area contributed by atoms with Crippen molar-refractivity contribution in [3.63, 3.8) is 0 Å². The normalized spacial score (nSPS) is 18.9. The first-order chi connectivity index (χ1) is 19.2. The zero-order valence-electron chi connectivity index (χ0n) is 23.1. The highest BCUT2D eigenvalue weighted by Crippen LogP contribution is 2.32. The maximum atomic E-state index is 15.1. The summed E-state index contributed by atoms with van der Waals surface area (Å²) in [6.07, 6.45) is 4.67. The Bertz CT molecular complexity index is 1620. The number of carbonyl (C=O) groups is 1. The van der Waals surface area contributed by atoms with E-state index < -0.39 is 11.6 Å². The predicted octanol–water partition coefficient (Wildman–Crippen LogP) is 5.54. The molecule has 0 bridgehead atoms. The number of carbonyl (C=O) groups excluding carboxylic acids is 1. The number of aromatic nitrogens is 4. The van der Waals surface area contributed by atoms with Crippen molar-refractivity contribution in [3.8, 4) is 11.3 Å². The number of hydrogen-bond donors (Lipinski definition) is 2. The summed E-state index contributed by atoms with van der Waals surface area (Å²) in [6.45, 7) is 10.3. The van der Waals surface area contributed by atoms with E-state index in [9.17, 15) is 9.18 Å². The molecule has 1 amide bonds. The number of fused-ring (bicyclic) bond motifs is 2. The number of nitrogens with zero attached hydrogens (tertiary/aromatic N) is 5. The van der Waals surface area contributed by atoms with Crippen LogP contribution in [-0.4, -0.2) is 56.0 Å². The van der Waals surface area contributed by atoms with Crippen LogP contribution in [0.3, 0.4) is 0 Å². The predicted molar refractivity (Wildman–Crippen MR) is 151 cm³/mol. The number of amides is 1. The zero-order valence-corrected chi connectivity index (χ0v) is 23.1. The van der Waals surface area contributed by atoms with Gasteiger partial charge in [0.1, 0.15) is 17.3 Å². The summed E-state index contributed by atoms with van der Waals surface area (Å²) >= 11 is 0. The highest BCUT2D eigenvalue weighted by atomic mass is 19.1. The Morgan fingerprint density at radius 1 is 1.07 bits per heavy atom. The summed E-state index contributed by atoms with van der Waals surface area (Å²) < 4.78 is 32.0. The molecule has 2 unspecified atom stereocenters. The molecule has 0 aliphatic carbocycles. The van der Waals surface area contributed by atoms with Gasteiger partial charge in [-0.05, 0) is 82.8 Å². The van der Waals surface area contributed by atoms with E-state index >= 15 is 4.39 Å². The molecule has 208 valence electrons. The molecular formula is C30H33F2N7O. The summed E-state index contributed by atoms with van der Waals surface area (Å²) in [7, 11) is 0. The summed E-state index contributed by atoms with van der Waals surface area (Å²) in [5.41, 5.74) is 3.17. The monoisotopic (exact) mass is 545 g/mol. The number of aryl methyl sites for hydroxylation is 2. The maximum absolute atomic E-state index is 15.1. The number of piperidine rings is 1. The van der Waals surface area contributed by atoms with E-state index in [4.69, 9.17) is 0 Å². The molecule has 2 aliphatic rings. The van der Waals surface area contributed by atoms with Gasteiger partial charge >= 0.3 is 0 Å². The van der Waals surface area contributed by atoms with Gasteiger partial charge in [-0.3, -0.25) is 4.79 Å². The number of hydrogen-bond acceptors (Lipinski definition) is 6. The molecule has 40 heavy (non-hydrogen) atoms. The Morgan fingerprint density at radius 2 is 1.90 bits per heavy atom. The Morgan fingerprint density at radius 3 is 2.67 bits per heavy atom. The second kappa shape index (κ2) is 10.2. The summed E-state index contributed by atoms with van der Waals surface area (Å²) in [4.78, 5) is 28.0. The number of rotatable bonds is 5. The Hall–Kier alpha value is -3.92.